The fraction of sp³-hybridized carbons (Fsp3) is 0.364. The molecular formula is C11H11F3N4O. The van der Waals surface area contributed by atoms with Crippen LogP contribution in [0, 0.1) is 0 Å². The summed E-state index contributed by atoms with van der Waals surface area (Å²) in [5.74, 6) is 0.111. The molecule has 0 amide bonds. The lowest BCUT2D eigenvalue weighted by Gasteiger charge is -2.23. The van der Waals surface area contributed by atoms with Crippen LogP contribution in [0.3, 0.4) is 0 Å². The van der Waals surface area contributed by atoms with Gasteiger partial charge in [-0.2, -0.15) is 13.2 Å². The number of rotatable bonds is 4. The Labute approximate surface area is 106 Å². The van der Waals surface area contributed by atoms with Crippen molar-refractivity contribution in [3.63, 3.8) is 0 Å². The summed E-state index contributed by atoms with van der Waals surface area (Å²) in [4.78, 5) is 12.9. The van der Waals surface area contributed by atoms with E-state index in [2.05, 4.69) is 15.0 Å². The third kappa shape index (κ3) is 3.50. The molecule has 0 radical (unpaired) electrons. The average molecular weight is 272 g/mol. The van der Waals surface area contributed by atoms with Crippen LogP contribution < -0.4 is 4.90 Å². The Morgan fingerprint density at radius 3 is 2.58 bits per heavy atom. The molecule has 2 aromatic rings. The first-order valence-corrected chi connectivity index (χ1v) is 5.50. The second-order valence-electron chi connectivity index (χ2n) is 3.83. The molecule has 0 fully saturated rings. The lowest BCUT2D eigenvalue weighted by atomic mass is 10.3. The molecule has 8 heteroatoms. The van der Waals surface area contributed by atoms with Gasteiger partial charge in [-0.05, 0) is 12.1 Å². The first-order chi connectivity index (χ1) is 8.99. The van der Waals surface area contributed by atoms with Crippen molar-refractivity contribution >= 4 is 17.0 Å². The van der Waals surface area contributed by atoms with Crippen molar-refractivity contribution < 1.29 is 18.3 Å². The highest BCUT2D eigenvalue weighted by Crippen LogP contribution is 2.21. The summed E-state index contributed by atoms with van der Waals surface area (Å²) < 4.78 is 37.3. The zero-order chi connectivity index (χ0) is 13.9. The molecule has 102 valence electrons. The number of pyridine rings is 1. The molecule has 2 rings (SSSR count). The number of nitrogens with zero attached hydrogens (tertiary/aromatic N) is 4. The van der Waals surface area contributed by atoms with Crippen LogP contribution in [-0.2, 0) is 0 Å². The first kappa shape index (κ1) is 13.5. The predicted octanol–water partition coefficient (Wildman–Crippen LogP) is 1.39. The van der Waals surface area contributed by atoms with Crippen LogP contribution in [0.25, 0.3) is 11.2 Å². The molecule has 0 saturated carbocycles. The van der Waals surface area contributed by atoms with Gasteiger partial charge in [-0.25, -0.2) is 9.97 Å². The smallest absolute Gasteiger partial charge is 0.395 e. The Bertz CT molecular complexity index is 561. The molecule has 2 aromatic heterocycles. The Hall–Kier alpha value is -1.96. The van der Waals surface area contributed by atoms with Crippen molar-refractivity contribution in [3.8, 4) is 0 Å². The number of hydrogen-bond donors (Lipinski definition) is 1. The summed E-state index contributed by atoms with van der Waals surface area (Å²) in [6, 6.07) is 2.98. The summed E-state index contributed by atoms with van der Waals surface area (Å²) in [7, 11) is 0. The van der Waals surface area contributed by atoms with Gasteiger partial charge < -0.3 is 10.0 Å². The molecule has 0 aliphatic carbocycles. The van der Waals surface area contributed by atoms with E-state index in [0.717, 1.165) is 4.90 Å². The number of fused-ring (bicyclic) bond motifs is 1. The Kier molecular flexibility index (Phi) is 3.79. The number of anilines is 1. The summed E-state index contributed by atoms with van der Waals surface area (Å²) in [6.45, 7) is -1.72. The Balaban J connectivity index is 2.33. The maximum absolute atomic E-state index is 12.4. The van der Waals surface area contributed by atoms with Crippen molar-refractivity contribution in [1.29, 1.82) is 0 Å². The van der Waals surface area contributed by atoms with Gasteiger partial charge in [0.25, 0.3) is 0 Å². The van der Waals surface area contributed by atoms with E-state index in [1.54, 1.807) is 6.07 Å². The van der Waals surface area contributed by atoms with Gasteiger partial charge in [0, 0.05) is 18.9 Å². The fourth-order valence-electron chi connectivity index (χ4n) is 1.63. The minimum atomic E-state index is -4.37. The Morgan fingerprint density at radius 1 is 1.16 bits per heavy atom. The number of halogens is 3. The number of aliphatic hydroxyl groups is 1. The van der Waals surface area contributed by atoms with E-state index in [9.17, 15) is 13.2 Å². The van der Waals surface area contributed by atoms with E-state index in [1.165, 1.54) is 18.5 Å². The molecule has 0 aromatic carbocycles. The van der Waals surface area contributed by atoms with Crippen molar-refractivity contribution in [2.75, 3.05) is 24.6 Å². The molecule has 1 N–H and O–H groups in total. The second-order valence-corrected chi connectivity index (χ2v) is 3.83. The van der Waals surface area contributed by atoms with Gasteiger partial charge in [-0.15, -0.1) is 0 Å². The summed E-state index contributed by atoms with van der Waals surface area (Å²) in [5, 5.41) is 8.84. The van der Waals surface area contributed by atoms with Crippen LogP contribution in [0.1, 0.15) is 0 Å². The normalized spacial score (nSPS) is 11.8. The lowest BCUT2D eigenvalue weighted by molar-refractivity contribution is -0.119. The SMILES string of the molecule is OCCN(CC(F)(F)F)c1ccc2nccnc2n1. The van der Waals surface area contributed by atoms with Crippen molar-refractivity contribution in [2.24, 2.45) is 0 Å². The molecule has 0 bridgehead atoms. The first-order valence-electron chi connectivity index (χ1n) is 5.50. The zero-order valence-electron chi connectivity index (χ0n) is 9.80. The lowest BCUT2D eigenvalue weighted by Crippen LogP contribution is -2.36. The zero-order valence-corrected chi connectivity index (χ0v) is 9.80. The summed E-state index contributed by atoms with van der Waals surface area (Å²) in [5.41, 5.74) is 0.771. The fourth-order valence-corrected chi connectivity index (χ4v) is 1.63. The maximum atomic E-state index is 12.4. The van der Waals surface area contributed by atoms with Crippen LogP contribution in [0.15, 0.2) is 24.5 Å². The quantitative estimate of drug-likeness (QED) is 0.911. The minimum Gasteiger partial charge on any atom is -0.395 e. The van der Waals surface area contributed by atoms with Gasteiger partial charge >= 0.3 is 6.18 Å². The third-order valence-electron chi connectivity index (χ3n) is 2.38. The molecule has 0 aliphatic rings. The average Bonchev–Trinajstić information content (AvgIpc) is 2.36. The summed E-state index contributed by atoms with van der Waals surface area (Å²) >= 11 is 0. The number of aliphatic hydroxyl groups excluding tert-OH is 1. The number of hydrogen-bond acceptors (Lipinski definition) is 5. The molecule has 0 saturated heterocycles. The molecule has 2 heterocycles. The van der Waals surface area contributed by atoms with E-state index in [0.29, 0.717) is 5.52 Å². The van der Waals surface area contributed by atoms with Gasteiger partial charge in [0.05, 0.1) is 6.61 Å². The van der Waals surface area contributed by atoms with Crippen molar-refractivity contribution in [3.05, 3.63) is 24.5 Å². The Morgan fingerprint density at radius 2 is 1.89 bits per heavy atom. The van der Waals surface area contributed by atoms with Crippen molar-refractivity contribution in [1.82, 2.24) is 15.0 Å². The minimum absolute atomic E-state index is 0.111. The highest BCUT2D eigenvalue weighted by atomic mass is 19.4. The number of aromatic nitrogens is 3. The molecule has 0 atom stereocenters. The molecule has 19 heavy (non-hydrogen) atoms. The molecule has 5 nitrogen and oxygen atoms in total. The van der Waals surface area contributed by atoms with Gasteiger partial charge in [0.2, 0.25) is 0 Å². The molecule has 0 unspecified atom stereocenters. The van der Waals surface area contributed by atoms with Crippen LogP contribution >= 0.6 is 0 Å². The van der Waals surface area contributed by atoms with E-state index in [-0.39, 0.29) is 18.0 Å². The van der Waals surface area contributed by atoms with E-state index < -0.39 is 19.3 Å². The van der Waals surface area contributed by atoms with Crippen molar-refractivity contribution in [2.45, 2.75) is 6.18 Å². The van der Waals surface area contributed by atoms with Crippen LogP contribution in [-0.4, -0.2) is 45.9 Å². The highest BCUT2D eigenvalue weighted by molar-refractivity contribution is 5.71. The van der Waals surface area contributed by atoms with Gasteiger partial charge in [0.15, 0.2) is 5.65 Å². The van der Waals surface area contributed by atoms with E-state index >= 15 is 0 Å². The summed E-state index contributed by atoms with van der Waals surface area (Å²) in [6.07, 6.45) is -1.47. The van der Waals surface area contributed by atoms with E-state index in [1.807, 2.05) is 0 Å². The van der Waals surface area contributed by atoms with Crippen LogP contribution in [0.4, 0.5) is 19.0 Å². The molecular weight excluding hydrogens is 261 g/mol. The van der Waals surface area contributed by atoms with Crippen LogP contribution in [0.5, 0.6) is 0 Å². The monoisotopic (exact) mass is 272 g/mol. The number of alkyl halides is 3. The standard InChI is InChI=1S/C11H11F3N4O/c12-11(13,14)7-18(5-6-19)9-2-1-8-10(17-9)16-4-3-15-8/h1-4,19H,5-7H2. The highest BCUT2D eigenvalue weighted by Gasteiger charge is 2.31. The van der Waals surface area contributed by atoms with Gasteiger partial charge in [-0.1, -0.05) is 0 Å². The van der Waals surface area contributed by atoms with E-state index in [4.69, 9.17) is 5.11 Å². The van der Waals surface area contributed by atoms with Gasteiger partial charge in [-0.3, -0.25) is 4.98 Å². The van der Waals surface area contributed by atoms with Gasteiger partial charge in [0.1, 0.15) is 17.9 Å². The largest absolute Gasteiger partial charge is 0.405 e. The predicted molar refractivity (Wildman–Crippen MR) is 62.7 cm³/mol. The molecule has 0 spiro atoms. The second kappa shape index (κ2) is 5.35. The topological polar surface area (TPSA) is 62.1 Å². The molecule has 0 aliphatic heterocycles. The maximum Gasteiger partial charge on any atom is 0.405 e. The third-order valence-corrected chi connectivity index (χ3v) is 2.38. The van der Waals surface area contributed by atoms with Crippen LogP contribution in [0.2, 0.25) is 0 Å².